The van der Waals surface area contributed by atoms with E-state index in [0.717, 1.165) is 36.3 Å². The van der Waals surface area contributed by atoms with Crippen LogP contribution in [0.3, 0.4) is 0 Å². The maximum Gasteiger partial charge on any atom is 0.264 e. The standard InChI is InChI=1S/C19H26N4OS/c1-12-7-16(25-11-12)18(24)23-13-5-6-14(23)9-15(8-13)22-10-17(20-21-22)19(2,3)4/h7,10-11,13-15H,5-6,8-9H2,1-4H3. The van der Waals surface area contributed by atoms with Crippen molar-refractivity contribution in [3.05, 3.63) is 33.8 Å². The number of aromatic nitrogens is 3. The summed E-state index contributed by atoms with van der Waals surface area (Å²) in [5.41, 5.74) is 2.23. The van der Waals surface area contributed by atoms with Crippen molar-refractivity contribution in [2.75, 3.05) is 0 Å². The fourth-order valence-electron chi connectivity index (χ4n) is 4.17. The minimum absolute atomic E-state index is 0.0188. The monoisotopic (exact) mass is 358 g/mol. The van der Waals surface area contributed by atoms with Crippen LogP contribution in [-0.2, 0) is 5.41 Å². The molecule has 0 saturated carbocycles. The van der Waals surface area contributed by atoms with Crippen molar-refractivity contribution in [2.24, 2.45) is 0 Å². The molecule has 25 heavy (non-hydrogen) atoms. The van der Waals surface area contributed by atoms with Gasteiger partial charge in [-0.05, 0) is 49.6 Å². The average Bonchev–Trinajstić information content (AvgIpc) is 3.24. The lowest BCUT2D eigenvalue weighted by atomic mass is 9.93. The second-order valence-electron chi connectivity index (χ2n) is 8.54. The normalized spacial score (nSPS) is 26.2. The maximum atomic E-state index is 13.0. The van der Waals surface area contributed by atoms with Gasteiger partial charge in [0.05, 0.1) is 16.6 Å². The lowest BCUT2D eigenvalue weighted by molar-refractivity contribution is 0.0528. The summed E-state index contributed by atoms with van der Waals surface area (Å²) in [5.74, 6) is 0.220. The third kappa shape index (κ3) is 3.01. The Balaban J connectivity index is 1.52. The van der Waals surface area contributed by atoms with Crippen molar-refractivity contribution >= 4 is 17.2 Å². The highest BCUT2D eigenvalue weighted by Gasteiger charge is 2.44. The lowest BCUT2D eigenvalue weighted by Crippen LogP contribution is -2.46. The summed E-state index contributed by atoms with van der Waals surface area (Å²) in [5, 5.41) is 10.8. The Hall–Kier alpha value is -1.69. The van der Waals surface area contributed by atoms with E-state index in [0.29, 0.717) is 18.1 Å². The van der Waals surface area contributed by atoms with Crippen LogP contribution in [0.25, 0.3) is 0 Å². The van der Waals surface area contributed by atoms with Gasteiger partial charge in [0.1, 0.15) is 0 Å². The van der Waals surface area contributed by atoms with Crippen LogP contribution < -0.4 is 0 Å². The molecule has 0 radical (unpaired) electrons. The third-order valence-corrected chi connectivity index (χ3v) is 6.57. The summed E-state index contributed by atoms with van der Waals surface area (Å²) in [6.45, 7) is 8.53. The zero-order valence-electron chi connectivity index (χ0n) is 15.4. The number of amides is 1. The van der Waals surface area contributed by atoms with Crippen molar-refractivity contribution in [3.8, 4) is 0 Å². The molecular formula is C19H26N4OS. The second kappa shape index (κ2) is 5.94. The zero-order valence-corrected chi connectivity index (χ0v) is 16.2. The van der Waals surface area contributed by atoms with Crippen molar-refractivity contribution in [1.82, 2.24) is 19.9 Å². The van der Waals surface area contributed by atoms with Crippen molar-refractivity contribution in [2.45, 2.75) is 76.9 Å². The predicted octanol–water partition coefficient (Wildman–Crippen LogP) is 3.95. The van der Waals surface area contributed by atoms with E-state index in [4.69, 9.17) is 0 Å². The number of piperidine rings is 1. The molecule has 6 heteroatoms. The highest BCUT2D eigenvalue weighted by molar-refractivity contribution is 7.12. The Morgan fingerprint density at radius 2 is 1.88 bits per heavy atom. The SMILES string of the molecule is Cc1csc(C(=O)N2C3CCC2CC(n2cc(C(C)(C)C)nn2)C3)c1. The Kier molecular flexibility index (Phi) is 3.98. The number of nitrogens with zero attached hydrogens (tertiary/aromatic N) is 4. The molecule has 2 saturated heterocycles. The molecule has 2 aliphatic heterocycles. The summed E-state index contributed by atoms with van der Waals surface area (Å²) in [6.07, 6.45) is 6.29. The molecule has 2 bridgehead atoms. The van der Waals surface area contributed by atoms with E-state index in [1.54, 1.807) is 11.3 Å². The van der Waals surface area contributed by atoms with E-state index < -0.39 is 0 Å². The van der Waals surface area contributed by atoms with Gasteiger partial charge in [-0.25, -0.2) is 4.68 Å². The van der Waals surface area contributed by atoms with Gasteiger partial charge in [-0.3, -0.25) is 4.79 Å². The van der Waals surface area contributed by atoms with Crippen LogP contribution >= 0.6 is 11.3 Å². The minimum Gasteiger partial charge on any atom is -0.332 e. The van der Waals surface area contributed by atoms with Crippen molar-refractivity contribution < 1.29 is 4.79 Å². The molecule has 134 valence electrons. The fraction of sp³-hybridized carbons (Fsp3) is 0.632. The van der Waals surface area contributed by atoms with Crippen molar-refractivity contribution in [1.29, 1.82) is 0 Å². The Labute approximate surface area is 153 Å². The van der Waals surface area contributed by atoms with Gasteiger partial charge in [0.2, 0.25) is 0 Å². The van der Waals surface area contributed by atoms with E-state index in [1.807, 2.05) is 17.7 Å². The van der Waals surface area contributed by atoms with Crippen molar-refractivity contribution in [3.63, 3.8) is 0 Å². The van der Waals surface area contributed by atoms with Crippen LogP contribution in [0.15, 0.2) is 17.6 Å². The summed E-state index contributed by atoms with van der Waals surface area (Å²) >= 11 is 1.57. The minimum atomic E-state index is 0.0188. The number of thiophene rings is 1. The van der Waals surface area contributed by atoms with Gasteiger partial charge in [-0.15, -0.1) is 16.4 Å². The van der Waals surface area contributed by atoms with Gasteiger partial charge in [0.25, 0.3) is 5.91 Å². The third-order valence-electron chi connectivity index (χ3n) is 5.54. The number of hydrogen-bond acceptors (Lipinski definition) is 4. The van der Waals surface area contributed by atoms with Gasteiger partial charge in [-0.1, -0.05) is 26.0 Å². The van der Waals surface area contributed by atoms with Crippen LogP contribution in [-0.4, -0.2) is 37.9 Å². The van der Waals surface area contributed by atoms with Crippen LogP contribution in [0.1, 0.15) is 73.4 Å². The summed E-state index contributed by atoms with van der Waals surface area (Å²) in [4.78, 5) is 16.0. The molecule has 0 aliphatic carbocycles. The first-order chi connectivity index (χ1) is 11.8. The molecule has 2 atom stereocenters. The largest absolute Gasteiger partial charge is 0.332 e. The number of rotatable bonds is 2. The Morgan fingerprint density at radius 3 is 2.40 bits per heavy atom. The average molecular weight is 359 g/mol. The topological polar surface area (TPSA) is 51.0 Å². The fourth-order valence-corrected chi connectivity index (χ4v) is 5.01. The van der Waals surface area contributed by atoms with Crippen LogP contribution in [0.5, 0.6) is 0 Å². The van der Waals surface area contributed by atoms with E-state index >= 15 is 0 Å². The molecule has 2 fully saturated rings. The van der Waals surface area contributed by atoms with Gasteiger partial charge in [0, 0.05) is 23.7 Å². The summed E-state index contributed by atoms with van der Waals surface area (Å²) in [7, 11) is 0. The molecule has 4 heterocycles. The second-order valence-corrected chi connectivity index (χ2v) is 9.46. The molecule has 0 N–H and O–H groups in total. The quantitative estimate of drug-likeness (QED) is 0.817. The number of aryl methyl sites for hydroxylation is 1. The van der Waals surface area contributed by atoms with Gasteiger partial charge >= 0.3 is 0 Å². The molecule has 2 aromatic heterocycles. The molecule has 2 unspecified atom stereocenters. The number of fused-ring (bicyclic) bond motifs is 2. The molecule has 0 aromatic carbocycles. The molecule has 2 aromatic rings. The van der Waals surface area contributed by atoms with Gasteiger partial charge in [-0.2, -0.15) is 0 Å². The van der Waals surface area contributed by atoms with Gasteiger partial charge in [0.15, 0.2) is 0 Å². The first-order valence-electron chi connectivity index (χ1n) is 9.13. The van der Waals surface area contributed by atoms with Crippen LogP contribution in [0.4, 0.5) is 0 Å². The lowest BCUT2D eigenvalue weighted by Gasteiger charge is -2.38. The molecule has 4 rings (SSSR count). The molecule has 2 aliphatic rings. The van der Waals surface area contributed by atoms with E-state index in [1.165, 1.54) is 5.56 Å². The zero-order chi connectivity index (χ0) is 17.8. The summed E-state index contributed by atoms with van der Waals surface area (Å²) < 4.78 is 2.04. The molecular weight excluding hydrogens is 332 g/mol. The molecule has 5 nitrogen and oxygen atoms in total. The predicted molar refractivity (Wildman–Crippen MR) is 99.0 cm³/mol. The van der Waals surface area contributed by atoms with E-state index in [2.05, 4.69) is 47.6 Å². The summed E-state index contributed by atoms with van der Waals surface area (Å²) in [6, 6.07) is 3.04. The number of hydrogen-bond donors (Lipinski definition) is 0. The highest BCUT2D eigenvalue weighted by Crippen LogP contribution is 2.42. The first-order valence-corrected chi connectivity index (χ1v) is 10.0. The molecule has 0 spiro atoms. The number of carbonyl (C=O) groups excluding carboxylic acids is 1. The first kappa shape index (κ1) is 16.8. The van der Waals surface area contributed by atoms with E-state index in [9.17, 15) is 4.79 Å². The van der Waals surface area contributed by atoms with E-state index in [-0.39, 0.29) is 11.3 Å². The molecule has 1 amide bonds. The van der Waals surface area contributed by atoms with Gasteiger partial charge < -0.3 is 4.90 Å². The maximum absolute atomic E-state index is 13.0. The number of carbonyl (C=O) groups is 1. The highest BCUT2D eigenvalue weighted by atomic mass is 32.1. The van der Waals surface area contributed by atoms with Crippen LogP contribution in [0.2, 0.25) is 0 Å². The smallest absolute Gasteiger partial charge is 0.264 e. The Morgan fingerprint density at radius 1 is 1.20 bits per heavy atom. The Bertz CT molecular complexity index is 773. The van der Waals surface area contributed by atoms with Crippen LogP contribution in [0, 0.1) is 6.92 Å².